The molecule has 3 rings (SSSR count). The molecule has 1 unspecified atom stereocenters. The third kappa shape index (κ3) is 2.12. The molecule has 3 heterocycles. The van der Waals surface area contributed by atoms with Crippen molar-refractivity contribution in [2.45, 2.75) is 11.7 Å². The van der Waals surface area contributed by atoms with E-state index in [1.165, 1.54) is 0 Å². The molecule has 1 aliphatic heterocycles. The molecule has 0 spiro atoms. The summed E-state index contributed by atoms with van der Waals surface area (Å²) in [4.78, 5) is 23.6. The van der Waals surface area contributed by atoms with Crippen LogP contribution in [-0.2, 0) is 15.0 Å². The van der Waals surface area contributed by atoms with E-state index < -0.39 is 27.8 Å². The minimum absolute atomic E-state index is 0.0406. The van der Waals surface area contributed by atoms with E-state index >= 15 is 0 Å². The summed E-state index contributed by atoms with van der Waals surface area (Å²) >= 11 is 5.95. The Morgan fingerprint density at radius 3 is 2.85 bits per heavy atom. The van der Waals surface area contributed by atoms with Crippen LogP contribution in [0.2, 0.25) is 5.15 Å². The predicted octanol–water partition coefficient (Wildman–Crippen LogP) is 1.02. The van der Waals surface area contributed by atoms with Crippen molar-refractivity contribution in [3.8, 4) is 0 Å². The Hall–Kier alpha value is -1.74. The largest absolute Gasteiger partial charge is 0.346 e. The van der Waals surface area contributed by atoms with E-state index in [-0.39, 0.29) is 17.6 Å². The zero-order valence-corrected chi connectivity index (χ0v) is 11.4. The number of anilines is 1. The molecular formula is C10H8ClFN4O3S. The maximum absolute atomic E-state index is 13.0. The van der Waals surface area contributed by atoms with Gasteiger partial charge in [-0.15, -0.1) is 3.89 Å². The fourth-order valence-electron chi connectivity index (χ4n) is 2.07. The highest BCUT2D eigenvalue weighted by Crippen LogP contribution is 2.27. The molecule has 1 N–H and O–H groups in total. The molecule has 0 saturated carbocycles. The van der Waals surface area contributed by atoms with Crippen molar-refractivity contribution in [1.29, 1.82) is 0 Å². The monoisotopic (exact) mass is 318 g/mol. The first-order valence-corrected chi connectivity index (χ1v) is 7.43. The van der Waals surface area contributed by atoms with Crippen LogP contribution in [0.15, 0.2) is 12.3 Å². The molecule has 1 amide bonds. The highest BCUT2D eigenvalue weighted by molar-refractivity contribution is 7.87. The maximum atomic E-state index is 13.0. The van der Waals surface area contributed by atoms with E-state index in [0.717, 1.165) is 4.90 Å². The van der Waals surface area contributed by atoms with Crippen molar-refractivity contribution in [1.82, 2.24) is 15.0 Å². The Kier molecular flexibility index (Phi) is 2.91. The van der Waals surface area contributed by atoms with Crippen LogP contribution in [0, 0.1) is 0 Å². The fraction of sp³-hybridized carbons (Fsp3) is 0.300. The molecule has 2 aromatic rings. The van der Waals surface area contributed by atoms with Gasteiger partial charge in [0, 0.05) is 19.2 Å². The van der Waals surface area contributed by atoms with Gasteiger partial charge in [-0.2, -0.15) is 18.4 Å². The zero-order chi connectivity index (χ0) is 14.5. The van der Waals surface area contributed by atoms with Gasteiger partial charge in [0.15, 0.2) is 0 Å². The molecule has 0 aromatic carbocycles. The minimum Gasteiger partial charge on any atom is -0.346 e. The van der Waals surface area contributed by atoms with E-state index in [0.29, 0.717) is 11.0 Å². The summed E-state index contributed by atoms with van der Waals surface area (Å²) in [7, 11) is -4.78. The summed E-state index contributed by atoms with van der Waals surface area (Å²) < 4.78 is 34.7. The van der Waals surface area contributed by atoms with Crippen molar-refractivity contribution in [2.24, 2.45) is 0 Å². The van der Waals surface area contributed by atoms with Gasteiger partial charge in [0.1, 0.15) is 16.1 Å². The number of nitrogens with one attached hydrogen (secondary N) is 1. The van der Waals surface area contributed by atoms with Gasteiger partial charge in [0.05, 0.1) is 5.39 Å². The second-order valence-electron chi connectivity index (χ2n) is 4.36. The standard InChI is InChI=1S/C10H8ClFN4O3S/c11-8-6-1-2-13-9(6)15-10(14-8)16-4-5(3-7(16)17)20(12,18)19/h1-2,5H,3-4H2,(H,13,14,15). The number of aromatic amines is 1. The molecule has 7 nitrogen and oxygen atoms in total. The maximum Gasteiger partial charge on any atom is 0.307 e. The molecule has 2 aromatic heterocycles. The van der Waals surface area contributed by atoms with E-state index in [2.05, 4.69) is 15.0 Å². The van der Waals surface area contributed by atoms with Crippen LogP contribution in [0.3, 0.4) is 0 Å². The summed E-state index contributed by atoms with van der Waals surface area (Å²) in [6, 6.07) is 1.67. The molecule has 1 atom stereocenters. The van der Waals surface area contributed by atoms with Crippen LogP contribution in [0.4, 0.5) is 9.83 Å². The topological polar surface area (TPSA) is 96.0 Å². The van der Waals surface area contributed by atoms with E-state index in [1.807, 2.05) is 0 Å². The lowest BCUT2D eigenvalue weighted by Gasteiger charge is -2.13. The molecule has 0 bridgehead atoms. The van der Waals surface area contributed by atoms with E-state index in [4.69, 9.17) is 11.6 Å². The third-order valence-corrected chi connectivity index (χ3v) is 4.49. The number of carbonyl (C=O) groups excluding carboxylic acids is 1. The number of hydrogen-bond donors (Lipinski definition) is 1. The predicted molar refractivity (Wildman–Crippen MR) is 69.7 cm³/mol. The lowest BCUT2D eigenvalue weighted by atomic mass is 10.4. The van der Waals surface area contributed by atoms with Crippen LogP contribution < -0.4 is 4.90 Å². The molecule has 1 aliphatic rings. The number of aromatic nitrogens is 3. The van der Waals surface area contributed by atoms with Gasteiger partial charge in [-0.05, 0) is 6.07 Å². The van der Waals surface area contributed by atoms with Crippen molar-refractivity contribution >= 4 is 44.7 Å². The fourth-order valence-corrected chi connectivity index (χ4v) is 2.97. The summed E-state index contributed by atoms with van der Waals surface area (Å²) in [5, 5.41) is -0.681. The molecule has 10 heteroatoms. The summed E-state index contributed by atoms with van der Waals surface area (Å²) in [6.07, 6.45) is 1.18. The average molecular weight is 319 g/mol. The lowest BCUT2D eigenvalue weighted by Crippen LogP contribution is -2.28. The molecule has 106 valence electrons. The number of amides is 1. The van der Waals surface area contributed by atoms with E-state index in [9.17, 15) is 17.1 Å². The van der Waals surface area contributed by atoms with Crippen molar-refractivity contribution in [3.63, 3.8) is 0 Å². The molecule has 1 saturated heterocycles. The van der Waals surface area contributed by atoms with Crippen LogP contribution in [0.5, 0.6) is 0 Å². The number of carbonyl (C=O) groups is 1. The van der Waals surface area contributed by atoms with Gasteiger partial charge in [0.25, 0.3) is 0 Å². The molecule has 0 aliphatic carbocycles. The van der Waals surface area contributed by atoms with Gasteiger partial charge in [-0.1, -0.05) is 11.6 Å². The minimum atomic E-state index is -4.78. The SMILES string of the molecule is O=C1CC(S(=O)(=O)F)CN1c1nc(Cl)c2cc[nH]c2n1. The highest BCUT2D eigenvalue weighted by atomic mass is 35.5. The average Bonchev–Trinajstić information content (AvgIpc) is 2.94. The van der Waals surface area contributed by atoms with Gasteiger partial charge in [-0.25, -0.2) is 0 Å². The normalized spacial score (nSPS) is 20.0. The van der Waals surface area contributed by atoms with Crippen LogP contribution >= 0.6 is 11.6 Å². The first-order chi connectivity index (χ1) is 9.36. The number of fused-ring (bicyclic) bond motifs is 1. The Bertz CT molecular complexity index is 806. The Labute approximate surface area is 118 Å². The molecule has 1 fully saturated rings. The molecule has 0 radical (unpaired) electrons. The Balaban J connectivity index is 2.01. The first-order valence-electron chi connectivity index (χ1n) is 5.61. The lowest BCUT2D eigenvalue weighted by molar-refractivity contribution is -0.117. The quantitative estimate of drug-likeness (QED) is 0.658. The van der Waals surface area contributed by atoms with Crippen LogP contribution in [0.25, 0.3) is 11.0 Å². The smallest absolute Gasteiger partial charge is 0.307 e. The number of nitrogens with zero attached hydrogens (tertiary/aromatic N) is 3. The van der Waals surface area contributed by atoms with Gasteiger partial charge in [-0.3, -0.25) is 9.69 Å². The second-order valence-corrected chi connectivity index (χ2v) is 6.34. The summed E-state index contributed by atoms with van der Waals surface area (Å²) in [6.45, 7) is -0.319. The number of rotatable bonds is 2. The van der Waals surface area contributed by atoms with Gasteiger partial charge >= 0.3 is 10.2 Å². The third-order valence-electron chi connectivity index (χ3n) is 3.09. The number of halogens is 2. The second kappa shape index (κ2) is 4.38. The first kappa shape index (κ1) is 13.3. The van der Waals surface area contributed by atoms with Gasteiger partial charge in [0.2, 0.25) is 11.9 Å². The molecule has 20 heavy (non-hydrogen) atoms. The number of hydrogen-bond acceptors (Lipinski definition) is 5. The van der Waals surface area contributed by atoms with Crippen molar-refractivity contribution in [2.75, 3.05) is 11.4 Å². The Morgan fingerprint density at radius 2 is 2.20 bits per heavy atom. The Morgan fingerprint density at radius 1 is 1.45 bits per heavy atom. The number of H-pyrrole nitrogens is 1. The van der Waals surface area contributed by atoms with Crippen LogP contribution in [0.1, 0.15) is 6.42 Å². The highest BCUT2D eigenvalue weighted by Gasteiger charge is 2.40. The van der Waals surface area contributed by atoms with Crippen molar-refractivity contribution in [3.05, 3.63) is 17.4 Å². The van der Waals surface area contributed by atoms with Crippen LogP contribution in [-0.4, -0.2) is 41.1 Å². The van der Waals surface area contributed by atoms with E-state index in [1.54, 1.807) is 12.3 Å². The summed E-state index contributed by atoms with van der Waals surface area (Å²) in [5.41, 5.74) is 0.416. The van der Waals surface area contributed by atoms with Gasteiger partial charge < -0.3 is 4.98 Å². The zero-order valence-electron chi connectivity index (χ0n) is 9.88. The molecular weight excluding hydrogens is 311 g/mol. The van der Waals surface area contributed by atoms with Crippen molar-refractivity contribution < 1.29 is 17.1 Å². The summed E-state index contributed by atoms with van der Waals surface area (Å²) in [5.74, 6) is -0.598.